The Bertz CT molecular complexity index is 648. The van der Waals surface area contributed by atoms with Crippen molar-refractivity contribution in [2.75, 3.05) is 5.32 Å². The molecule has 2 aliphatic rings. The summed E-state index contributed by atoms with van der Waals surface area (Å²) in [5, 5.41) is 2.50. The maximum absolute atomic E-state index is 12.8. The molecule has 24 heavy (non-hydrogen) atoms. The summed E-state index contributed by atoms with van der Waals surface area (Å²) in [7, 11) is 0. The first-order valence-corrected chi connectivity index (χ1v) is 8.41. The van der Waals surface area contributed by atoms with E-state index >= 15 is 0 Å². The number of hydrogen-bond donors (Lipinski definition) is 1. The summed E-state index contributed by atoms with van der Waals surface area (Å²) in [5.74, 6) is 0.143. The molecule has 0 bridgehead atoms. The van der Waals surface area contributed by atoms with Crippen LogP contribution in [-0.2, 0) is 4.74 Å². The maximum Gasteiger partial charge on any atom is 0.414 e. The Labute approximate surface area is 141 Å². The molecule has 2 fully saturated rings. The van der Waals surface area contributed by atoms with E-state index in [-0.39, 0.29) is 11.9 Å². The van der Waals surface area contributed by atoms with Crippen LogP contribution >= 0.6 is 0 Å². The van der Waals surface area contributed by atoms with Crippen molar-refractivity contribution < 1.29 is 14.3 Å². The molecule has 1 aromatic rings. The molecule has 1 aromatic heterocycles. The van der Waals surface area contributed by atoms with Crippen LogP contribution in [-0.4, -0.2) is 44.6 Å². The molecule has 0 aromatic carbocycles. The highest BCUT2D eigenvalue weighted by Gasteiger charge is 2.42. The zero-order chi connectivity index (χ0) is 17.5. The van der Waals surface area contributed by atoms with Crippen LogP contribution in [0.1, 0.15) is 62.5 Å². The molecule has 0 saturated heterocycles. The van der Waals surface area contributed by atoms with Crippen LogP contribution in [0.5, 0.6) is 0 Å². The van der Waals surface area contributed by atoms with E-state index in [4.69, 9.17) is 4.74 Å². The fourth-order valence-electron chi connectivity index (χ4n) is 2.61. The third-order valence-electron chi connectivity index (χ3n) is 3.94. The van der Waals surface area contributed by atoms with E-state index in [1.165, 1.54) is 6.20 Å². The number of anilines is 1. The average molecular weight is 332 g/mol. The lowest BCUT2D eigenvalue weighted by Crippen LogP contribution is -2.35. The van der Waals surface area contributed by atoms with Crippen molar-refractivity contribution in [3.05, 3.63) is 17.5 Å². The number of nitrogens with one attached hydrogen (secondary N) is 1. The first-order valence-electron chi connectivity index (χ1n) is 8.41. The quantitative estimate of drug-likeness (QED) is 0.916. The third kappa shape index (κ3) is 4.01. The van der Waals surface area contributed by atoms with Gasteiger partial charge in [0.1, 0.15) is 5.60 Å². The first-order chi connectivity index (χ1) is 11.2. The van der Waals surface area contributed by atoms with Crippen molar-refractivity contribution in [2.45, 2.75) is 71.1 Å². The van der Waals surface area contributed by atoms with Gasteiger partial charge in [-0.25, -0.2) is 14.8 Å². The van der Waals surface area contributed by atoms with Crippen LogP contribution in [0.2, 0.25) is 0 Å². The topological polar surface area (TPSA) is 84.4 Å². The lowest BCUT2D eigenvalue weighted by atomic mass is 10.2. The van der Waals surface area contributed by atoms with Gasteiger partial charge in [-0.3, -0.25) is 10.1 Å². The number of aryl methyl sites for hydroxylation is 1. The van der Waals surface area contributed by atoms with Gasteiger partial charge in [-0.05, 0) is 53.4 Å². The molecule has 1 N–H and O–H groups in total. The molecule has 7 nitrogen and oxygen atoms in total. The summed E-state index contributed by atoms with van der Waals surface area (Å²) < 4.78 is 5.17. The minimum absolute atomic E-state index is 0.00122. The van der Waals surface area contributed by atoms with Gasteiger partial charge in [-0.15, -0.1) is 0 Å². The van der Waals surface area contributed by atoms with E-state index in [1.807, 2.05) is 4.90 Å². The predicted octanol–water partition coefficient (Wildman–Crippen LogP) is 2.90. The molecule has 2 aliphatic carbocycles. The van der Waals surface area contributed by atoms with E-state index in [2.05, 4.69) is 15.3 Å². The second kappa shape index (κ2) is 6.03. The molecule has 0 unspecified atom stereocenters. The maximum atomic E-state index is 12.8. The molecule has 0 spiro atoms. The Kier molecular flexibility index (Phi) is 4.19. The zero-order valence-electron chi connectivity index (χ0n) is 14.6. The number of rotatable bonds is 4. The number of amides is 2. The highest BCUT2D eigenvalue weighted by atomic mass is 16.6. The second-order valence-corrected chi connectivity index (χ2v) is 7.49. The number of ether oxygens (including phenoxy) is 1. The summed E-state index contributed by atoms with van der Waals surface area (Å²) in [6.45, 7) is 7.10. The van der Waals surface area contributed by atoms with Crippen molar-refractivity contribution in [2.24, 2.45) is 0 Å². The molecule has 7 heteroatoms. The van der Waals surface area contributed by atoms with E-state index < -0.39 is 11.7 Å². The zero-order valence-corrected chi connectivity index (χ0v) is 14.6. The summed E-state index contributed by atoms with van der Waals surface area (Å²) in [4.78, 5) is 34.9. The fraction of sp³-hybridized carbons (Fsp3) is 0.647. The number of carbonyl (C=O) groups is 2. The molecule has 0 radical (unpaired) electrons. The van der Waals surface area contributed by atoms with Crippen LogP contribution in [0.4, 0.5) is 10.7 Å². The van der Waals surface area contributed by atoms with Gasteiger partial charge in [-0.1, -0.05) is 0 Å². The lowest BCUT2D eigenvalue weighted by molar-refractivity contribution is 0.0634. The summed E-state index contributed by atoms with van der Waals surface area (Å²) in [6, 6.07) is 0.757. The lowest BCUT2D eigenvalue weighted by Gasteiger charge is -2.22. The van der Waals surface area contributed by atoms with Crippen molar-refractivity contribution in [3.8, 4) is 0 Å². The summed E-state index contributed by atoms with van der Waals surface area (Å²) in [6.07, 6.45) is 5.22. The predicted molar refractivity (Wildman–Crippen MR) is 88.8 cm³/mol. The van der Waals surface area contributed by atoms with Crippen LogP contribution < -0.4 is 5.32 Å². The highest BCUT2D eigenvalue weighted by molar-refractivity contribution is 5.96. The van der Waals surface area contributed by atoms with Crippen LogP contribution in [0.25, 0.3) is 0 Å². The molecule has 2 amide bonds. The minimum atomic E-state index is -0.612. The Morgan fingerprint density at radius 1 is 1.21 bits per heavy atom. The molecule has 130 valence electrons. The van der Waals surface area contributed by atoms with Gasteiger partial charge in [0, 0.05) is 18.3 Å². The van der Waals surface area contributed by atoms with Crippen LogP contribution in [0.3, 0.4) is 0 Å². The average Bonchev–Trinajstić information content (AvgIpc) is 3.31. The Morgan fingerprint density at radius 3 is 2.25 bits per heavy atom. The van der Waals surface area contributed by atoms with Gasteiger partial charge in [0.15, 0.2) is 0 Å². The second-order valence-electron chi connectivity index (χ2n) is 7.49. The molecule has 1 heterocycles. The monoisotopic (exact) mass is 332 g/mol. The van der Waals surface area contributed by atoms with Crippen molar-refractivity contribution in [1.29, 1.82) is 0 Å². The summed E-state index contributed by atoms with van der Waals surface area (Å²) in [5.41, 5.74) is 0.472. The van der Waals surface area contributed by atoms with Gasteiger partial charge < -0.3 is 9.64 Å². The number of carbonyl (C=O) groups excluding carboxylic acids is 2. The van der Waals surface area contributed by atoms with Crippen molar-refractivity contribution in [1.82, 2.24) is 14.9 Å². The standard InChI is InChI=1S/C17H24N4O3/c1-10-13(14(22)21(11-5-6-11)12-7-8-12)9-18-15(19-10)20-16(23)24-17(2,3)4/h9,11-12H,5-8H2,1-4H3,(H,18,19,20,23). The van der Waals surface area contributed by atoms with Crippen molar-refractivity contribution >= 4 is 17.9 Å². The van der Waals surface area contributed by atoms with Crippen LogP contribution in [0, 0.1) is 6.92 Å². The molecular formula is C17H24N4O3. The minimum Gasteiger partial charge on any atom is -0.444 e. The van der Waals surface area contributed by atoms with Gasteiger partial charge in [0.2, 0.25) is 5.95 Å². The molecule has 2 saturated carbocycles. The Hall–Kier alpha value is -2.18. The van der Waals surface area contributed by atoms with E-state index in [9.17, 15) is 9.59 Å². The fourth-order valence-corrected chi connectivity index (χ4v) is 2.61. The van der Waals surface area contributed by atoms with Gasteiger partial charge in [0.25, 0.3) is 5.91 Å². The Morgan fingerprint density at radius 2 is 1.79 bits per heavy atom. The third-order valence-corrected chi connectivity index (χ3v) is 3.94. The number of hydrogen-bond acceptors (Lipinski definition) is 5. The SMILES string of the molecule is Cc1nc(NC(=O)OC(C)(C)C)ncc1C(=O)N(C1CC1)C1CC1. The number of nitrogens with zero attached hydrogens (tertiary/aromatic N) is 3. The van der Waals surface area contributed by atoms with E-state index in [0.717, 1.165) is 25.7 Å². The largest absolute Gasteiger partial charge is 0.444 e. The van der Waals surface area contributed by atoms with Gasteiger partial charge in [-0.2, -0.15) is 0 Å². The summed E-state index contributed by atoms with van der Waals surface area (Å²) >= 11 is 0. The highest BCUT2D eigenvalue weighted by Crippen LogP contribution is 2.38. The molecule has 0 atom stereocenters. The van der Waals surface area contributed by atoms with Crippen LogP contribution in [0.15, 0.2) is 6.20 Å². The van der Waals surface area contributed by atoms with E-state index in [1.54, 1.807) is 27.7 Å². The Balaban J connectivity index is 1.70. The first kappa shape index (κ1) is 16.7. The van der Waals surface area contributed by atoms with Crippen molar-refractivity contribution in [3.63, 3.8) is 0 Å². The molecule has 3 rings (SSSR count). The normalized spacial score (nSPS) is 17.3. The molecule has 0 aliphatic heterocycles. The van der Waals surface area contributed by atoms with E-state index in [0.29, 0.717) is 23.3 Å². The van der Waals surface area contributed by atoms with Gasteiger partial charge in [0.05, 0.1) is 11.3 Å². The smallest absolute Gasteiger partial charge is 0.414 e. The molecular weight excluding hydrogens is 308 g/mol. The number of aromatic nitrogens is 2. The van der Waals surface area contributed by atoms with Gasteiger partial charge >= 0.3 is 6.09 Å².